The first-order valence-corrected chi connectivity index (χ1v) is 11.1. The van der Waals surface area contributed by atoms with Crippen LogP contribution in [0.1, 0.15) is 31.7 Å². The van der Waals surface area contributed by atoms with Crippen molar-refractivity contribution in [2.45, 2.75) is 37.6 Å². The summed E-state index contributed by atoms with van der Waals surface area (Å²) in [4.78, 5) is 7.40. The van der Waals surface area contributed by atoms with Gasteiger partial charge >= 0.3 is 0 Å². The zero-order valence-electron chi connectivity index (χ0n) is 16.7. The highest BCUT2D eigenvalue weighted by Crippen LogP contribution is 2.14. The van der Waals surface area contributed by atoms with E-state index in [0.717, 1.165) is 31.2 Å². The van der Waals surface area contributed by atoms with E-state index < -0.39 is 10.0 Å². The number of nitrogens with one attached hydrogen (secondary N) is 2. The van der Waals surface area contributed by atoms with E-state index in [1.807, 2.05) is 19.1 Å². The van der Waals surface area contributed by atoms with E-state index in [9.17, 15) is 8.42 Å². The van der Waals surface area contributed by atoms with Crippen molar-refractivity contribution in [2.75, 3.05) is 46.8 Å². The van der Waals surface area contributed by atoms with Crippen LogP contribution in [0.3, 0.4) is 0 Å². The molecule has 0 aromatic heterocycles. The first kappa shape index (κ1) is 21.7. The number of sulfonamides is 1. The Morgan fingerprint density at radius 1 is 1.11 bits per heavy atom. The zero-order chi connectivity index (χ0) is 19.7. The van der Waals surface area contributed by atoms with E-state index in [-0.39, 0.29) is 0 Å². The van der Waals surface area contributed by atoms with Crippen LogP contribution in [-0.2, 0) is 16.6 Å². The molecule has 27 heavy (non-hydrogen) atoms. The molecule has 0 aliphatic carbocycles. The maximum absolute atomic E-state index is 12.1. The van der Waals surface area contributed by atoms with E-state index in [4.69, 9.17) is 0 Å². The number of nitrogens with zero attached hydrogens (tertiary/aromatic N) is 3. The molecule has 7 nitrogen and oxygen atoms in total. The Kier molecular flexibility index (Phi) is 8.53. The van der Waals surface area contributed by atoms with E-state index in [1.54, 1.807) is 12.1 Å². The summed E-state index contributed by atoms with van der Waals surface area (Å²) in [7, 11) is -0.321. The van der Waals surface area contributed by atoms with Gasteiger partial charge in [-0.3, -0.25) is 0 Å². The van der Waals surface area contributed by atoms with Gasteiger partial charge in [-0.25, -0.2) is 17.7 Å². The smallest absolute Gasteiger partial charge is 0.242 e. The van der Waals surface area contributed by atoms with Gasteiger partial charge in [0.05, 0.1) is 11.4 Å². The molecule has 1 heterocycles. The second-order valence-corrected chi connectivity index (χ2v) is 9.11. The minimum absolute atomic E-state index is 0.298. The molecule has 1 aromatic rings. The van der Waals surface area contributed by atoms with Gasteiger partial charge in [0.1, 0.15) is 0 Å². The molecule has 0 radical (unpaired) electrons. The lowest BCUT2D eigenvalue weighted by Crippen LogP contribution is -2.42. The summed E-state index contributed by atoms with van der Waals surface area (Å²) in [5.41, 5.74) is 0.973. The first-order chi connectivity index (χ1) is 12.9. The molecule has 0 amide bonds. The molecule has 0 bridgehead atoms. The average molecular weight is 396 g/mol. The van der Waals surface area contributed by atoms with Crippen molar-refractivity contribution in [3.8, 4) is 0 Å². The van der Waals surface area contributed by atoms with Gasteiger partial charge in [-0.2, -0.15) is 0 Å². The van der Waals surface area contributed by atoms with E-state index in [0.29, 0.717) is 11.4 Å². The van der Waals surface area contributed by atoms with E-state index >= 15 is 0 Å². The van der Waals surface area contributed by atoms with Crippen LogP contribution in [0.4, 0.5) is 0 Å². The number of hydrogen-bond acceptors (Lipinski definition) is 4. The summed E-state index contributed by atoms with van der Waals surface area (Å²) in [6.07, 6.45) is 3.95. The lowest BCUT2D eigenvalue weighted by molar-refractivity contribution is 0.232. The van der Waals surface area contributed by atoms with Crippen molar-refractivity contribution >= 4 is 16.0 Å². The molecule has 0 saturated carbocycles. The molecular formula is C19H33N5O2S. The van der Waals surface area contributed by atoms with Gasteiger partial charge < -0.3 is 15.5 Å². The number of hydrogen-bond donors (Lipinski definition) is 2. The highest BCUT2D eigenvalue weighted by Gasteiger charge is 2.16. The molecule has 2 N–H and O–H groups in total. The highest BCUT2D eigenvalue weighted by molar-refractivity contribution is 7.89. The summed E-state index contributed by atoms with van der Waals surface area (Å²) in [6.45, 7) is 7.63. The Morgan fingerprint density at radius 3 is 2.37 bits per heavy atom. The fraction of sp³-hybridized carbons (Fsp3) is 0.632. The maximum Gasteiger partial charge on any atom is 0.242 e. The zero-order valence-corrected chi connectivity index (χ0v) is 17.6. The molecule has 1 aliphatic heterocycles. The standard InChI is InChI=1S/C19H33N5O2S/c1-4-20-19(21-12-15-24-13-6-5-7-14-24)22-16-17-8-10-18(11-9-17)27(25,26)23(2)3/h8-11H,4-7,12-16H2,1-3H3,(H2,20,21,22). The normalized spacial score (nSPS) is 16.5. The predicted molar refractivity (Wildman–Crippen MR) is 110 cm³/mol. The van der Waals surface area contributed by atoms with Crippen molar-refractivity contribution < 1.29 is 8.42 Å². The van der Waals surface area contributed by atoms with Gasteiger partial charge in [0, 0.05) is 33.7 Å². The summed E-state index contributed by atoms with van der Waals surface area (Å²) in [6, 6.07) is 6.90. The summed E-state index contributed by atoms with van der Waals surface area (Å²) in [5.74, 6) is 0.791. The van der Waals surface area contributed by atoms with Gasteiger partial charge in [-0.05, 0) is 50.6 Å². The summed E-state index contributed by atoms with van der Waals surface area (Å²) >= 11 is 0. The van der Waals surface area contributed by atoms with Crippen LogP contribution < -0.4 is 10.6 Å². The SMILES string of the molecule is CCNC(=NCc1ccc(S(=O)(=O)N(C)C)cc1)NCCN1CCCCC1. The molecular weight excluding hydrogens is 362 g/mol. The first-order valence-electron chi connectivity index (χ1n) is 9.69. The van der Waals surface area contributed by atoms with Crippen LogP contribution >= 0.6 is 0 Å². The third kappa shape index (κ3) is 6.79. The minimum Gasteiger partial charge on any atom is -0.357 e. The van der Waals surface area contributed by atoms with Gasteiger partial charge in [-0.15, -0.1) is 0 Å². The van der Waals surface area contributed by atoms with Gasteiger partial charge in [0.2, 0.25) is 10.0 Å². The molecule has 0 unspecified atom stereocenters. The molecule has 8 heteroatoms. The van der Waals surface area contributed by atoms with Crippen molar-refractivity contribution in [3.63, 3.8) is 0 Å². The lowest BCUT2D eigenvalue weighted by atomic mass is 10.1. The molecule has 0 atom stereocenters. The number of likely N-dealkylation sites (tertiary alicyclic amines) is 1. The third-order valence-corrected chi connectivity index (χ3v) is 6.46. The molecule has 2 rings (SSSR count). The van der Waals surface area contributed by atoms with Crippen LogP contribution in [-0.4, -0.2) is 70.4 Å². The molecule has 1 saturated heterocycles. The van der Waals surface area contributed by atoms with Gasteiger partial charge in [-0.1, -0.05) is 18.6 Å². The van der Waals surface area contributed by atoms with Crippen molar-refractivity contribution in [3.05, 3.63) is 29.8 Å². The van der Waals surface area contributed by atoms with Crippen LogP contribution in [0, 0.1) is 0 Å². The highest BCUT2D eigenvalue weighted by atomic mass is 32.2. The van der Waals surface area contributed by atoms with Crippen LogP contribution in [0.2, 0.25) is 0 Å². The number of aliphatic imine (C=N–C) groups is 1. The third-order valence-electron chi connectivity index (χ3n) is 4.64. The van der Waals surface area contributed by atoms with Gasteiger partial charge in [0.15, 0.2) is 5.96 Å². The minimum atomic E-state index is -3.39. The summed E-state index contributed by atoms with van der Waals surface area (Å²) in [5, 5.41) is 6.64. The summed E-state index contributed by atoms with van der Waals surface area (Å²) < 4.78 is 25.5. The van der Waals surface area contributed by atoms with Crippen molar-refractivity contribution in [1.82, 2.24) is 19.8 Å². The topological polar surface area (TPSA) is 77.0 Å². The Labute approximate surface area is 163 Å². The maximum atomic E-state index is 12.1. The number of rotatable bonds is 8. The Morgan fingerprint density at radius 2 is 1.78 bits per heavy atom. The Hall–Kier alpha value is -1.64. The second kappa shape index (κ2) is 10.6. The lowest BCUT2D eigenvalue weighted by Gasteiger charge is -2.26. The predicted octanol–water partition coefficient (Wildman–Crippen LogP) is 1.48. The number of benzene rings is 1. The quantitative estimate of drug-likeness (QED) is 0.515. The fourth-order valence-electron chi connectivity index (χ4n) is 3.01. The largest absolute Gasteiger partial charge is 0.357 e. The van der Waals surface area contributed by atoms with Crippen molar-refractivity contribution in [1.29, 1.82) is 0 Å². The van der Waals surface area contributed by atoms with Crippen LogP contribution in [0.15, 0.2) is 34.2 Å². The van der Waals surface area contributed by atoms with Crippen LogP contribution in [0.5, 0.6) is 0 Å². The molecule has 152 valence electrons. The number of guanidine groups is 1. The monoisotopic (exact) mass is 395 g/mol. The molecule has 0 spiro atoms. The Balaban J connectivity index is 1.89. The van der Waals surface area contributed by atoms with E-state index in [1.165, 1.54) is 50.8 Å². The van der Waals surface area contributed by atoms with Gasteiger partial charge in [0.25, 0.3) is 0 Å². The van der Waals surface area contributed by atoms with E-state index in [2.05, 4.69) is 20.5 Å². The Bertz CT molecular complexity index is 695. The molecule has 1 aliphatic rings. The fourth-order valence-corrected chi connectivity index (χ4v) is 3.91. The average Bonchev–Trinajstić information content (AvgIpc) is 2.67. The van der Waals surface area contributed by atoms with Crippen LogP contribution in [0.25, 0.3) is 0 Å². The molecule has 1 fully saturated rings. The number of piperidine rings is 1. The van der Waals surface area contributed by atoms with Crippen molar-refractivity contribution in [2.24, 2.45) is 4.99 Å². The second-order valence-electron chi connectivity index (χ2n) is 6.96. The molecule has 1 aromatic carbocycles.